The third-order valence-electron chi connectivity index (χ3n) is 4.99. The Morgan fingerprint density at radius 1 is 1.48 bits per heavy atom. The first-order valence-corrected chi connectivity index (χ1v) is 9.13. The van der Waals surface area contributed by atoms with Crippen LogP contribution >= 0.6 is 27.5 Å². The third kappa shape index (κ3) is 3.31. The summed E-state index contributed by atoms with van der Waals surface area (Å²) in [5.41, 5.74) is 1.49. The van der Waals surface area contributed by atoms with Crippen LogP contribution in [0.25, 0.3) is 0 Å². The van der Waals surface area contributed by atoms with E-state index in [2.05, 4.69) is 46.4 Å². The molecule has 2 unspecified atom stereocenters. The highest BCUT2D eigenvalue weighted by Crippen LogP contribution is 2.47. The number of nitrogens with one attached hydrogen (secondary N) is 1. The van der Waals surface area contributed by atoms with Crippen molar-refractivity contribution in [3.8, 4) is 0 Å². The van der Waals surface area contributed by atoms with Crippen molar-refractivity contribution >= 4 is 27.5 Å². The number of halogens is 2. The minimum absolute atomic E-state index is 0.190. The fraction of sp³-hybridized carbons (Fsp3) is 0.647. The molecule has 1 aromatic rings. The maximum atomic E-state index is 6.29. The fourth-order valence-electron chi connectivity index (χ4n) is 3.75. The van der Waals surface area contributed by atoms with Crippen molar-refractivity contribution in [3.05, 3.63) is 33.3 Å². The lowest BCUT2D eigenvalue weighted by Gasteiger charge is -2.49. The Morgan fingerprint density at radius 2 is 2.29 bits per heavy atom. The van der Waals surface area contributed by atoms with Gasteiger partial charge < -0.3 is 10.1 Å². The number of rotatable bonds is 4. The summed E-state index contributed by atoms with van der Waals surface area (Å²) in [7, 11) is 0. The summed E-state index contributed by atoms with van der Waals surface area (Å²) >= 11 is 9.77. The topological polar surface area (TPSA) is 21.3 Å². The molecule has 1 saturated carbocycles. The van der Waals surface area contributed by atoms with Gasteiger partial charge in [-0.2, -0.15) is 0 Å². The van der Waals surface area contributed by atoms with Crippen molar-refractivity contribution in [2.75, 3.05) is 13.2 Å². The highest BCUT2D eigenvalue weighted by molar-refractivity contribution is 9.10. The van der Waals surface area contributed by atoms with Gasteiger partial charge >= 0.3 is 0 Å². The van der Waals surface area contributed by atoms with E-state index in [0.29, 0.717) is 12.0 Å². The van der Waals surface area contributed by atoms with E-state index in [9.17, 15) is 0 Å². The van der Waals surface area contributed by atoms with E-state index >= 15 is 0 Å². The molecule has 1 N–H and O–H groups in total. The number of hydrogen-bond donors (Lipinski definition) is 1. The van der Waals surface area contributed by atoms with Gasteiger partial charge in [0.1, 0.15) is 0 Å². The van der Waals surface area contributed by atoms with Gasteiger partial charge in [-0.15, -0.1) is 0 Å². The van der Waals surface area contributed by atoms with Crippen LogP contribution in [0, 0.1) is 5.92 Å². The first-order valence-electron chi connectivity index (χ1n) is 7.96. The summed E-state index contributed by atoms with van der Waals surface area (Å²) in [5, 5.41) is 4.46. The summed E-state index contributed by atoms with van der Waals surface area (Å²) in [6.07, 6.45) is 6.11. The Bertz CT molecular complexity index is 504. The number of ether oxygens (including phenoxy) is 1. The zero-order valence-electron chi connectivity index (χ0n) is 12.5. The van der Waals surface area contributed by atoms with E-state index in [0.717, 1.165) is 29.1 Å². The van der Waals surface area contributed by atoms with Gasteiger partial charge in [0, 0.05) is 17.1 Å². The molecular weight excluding hydrogens is 350 g/mol. The number of hydrogen-bond acceptors (Lipinski definition) is 2. The van der Waals surface area contributed by atoms with Crippen molar-refractivity contribution < 1.29 is 4.74 Å². The molecule has 1 spiro atoms. The first-order chi connectivity index (χ1) is 10.1. The Morgan fingerprint density at radius 3 is 2.90 bits per heavy atom. The van der Waals surface area contributed by atoms with Crippen LogP contribution in [0.15, 0.2) is 22.7 Å². The zero-order valence-corrected chi connectivity index (χ0v) is 14.8. The molecule has 0 radical (unpaired) electrons. The molecule has 0 aromatic heterocycles. The average Bonchev–Trinajstić information content (AvgIpc) is 2.46. The molecule has 2 aliphatic rings. The van der Waals surface area contributed by atoms with Gasteiger partial charge in [0.15, 0.2) is 0 Å². The van der Waals surface area contributed by atoms with Crippen LogP contribution in [-0.2, 0) is 4.74 Å². The molecular formula is C17H23BrClNO. The second-order valence-corrected chi connectivity index (χ2v) is 7.61. The van der Waals surface area contributed by atoms with Crippen LogP contribution in [0.4, 0.5) is 0 Å². The van der Waals surface area contributed by atoms with Gasteiger partial charge in [-0.25, -0.2) is 0 Å². The molecule has 1 saturated heterocycles. The molecule has 2 fully saturated rings. The normalized spacial score (nSPS) is 25.6. The predicted molar refractivity (Wildman–Crippen MR) is 90.8 cm³/mol. The lowest BCUT2D eigenvalue weighted by molar-refractivity contribution is -0.147. The number of benzene rings is 1. The monoisotopic (exact) mass is 371 g/mol. The van der Waals surface area contributed by atoms with Crippen molar-refractivity contribution in [2.45, 2.75) is 50.7 Å². The van der Waals surface area contributed by atoms with Gasteiger partial charge in [-0.1, -0.05) is 24.6 Å². The molecule has 1 aromatic carbocycles. The third-order valence-corrected chi connectivity index (χ3v) is 6.23. The molecule has 1 aliphatic carbocycles. The fourth-order valence-corrected chi connectivity index (χ4v) is 4.19. The molecule has 116 valence electrons. The zero-order chi connectivity index (χ0) is 14.9. The van der Waals surface area contributed by atoms with Crippen LogP contribution in [0.2, 0.25) is 5.02 Å². The minimum atomic E-state index is 0.190. The van der Waals surface area contributed by atoms with E-state index in [1.165, 1.54) is 31.2 Å². The van der Waals surface area contributed by atoms with Crippen LogP contribution in [0.5, 0.6) is 0 Å². The SMILES string of the molecule is CCNC(c1ccc(Br)c(Cl)c1)C1CCOC2(CCC2)C1. The van der Waals surface area contributed by atoms with Crippen LogP contribution in [-0.4, -0.2) is 18.8 Å². The van der Waals surface area contributed by atoms with E-state index in [1.807, 2.05) is 0 Å². The Hall–Kier alpha value is -0.0900. The highest BCUT2D eigenvalue weighted by Gasteiger charge is 2.44. The predicted octanol–water partition coefficient (Wildman–Crippen LogP) is 5.10. The van der Waals surface area contributed by atoms with Crippen molar-refractivity contribution in [2.24, 2.45) is 5.92 Å². The van der Waals surface area contributed by atoms with Crippen molar-refractivity contribution in [3.63, 3.8) is 0 Å². The molecule has 0 bridgehead atoms. The molecule has 1 heterocycles. The van der Waals surface area contributed by atoms with E-state index in [-0.39, 0.29) is 5.60 Å². The summed E-state index contributed by atoms with van der Waals surface area (Å²) < 4.78 is 7.04. The van der Waals surface area contributed by atoms with Crippen molar-refractivity contribution in [1.29, 1.82) is 0 Å². The molecule has 21 heavy (non-hydrogen) atoms. The quantitative estimate of drug-likeness (QED) is 0.793. The minimum Gasteiger partial charge on any atom is -0.375 e. The van der Waals surface area contributed by atoms with Gasteiger partial charge in [0.05, 0.1) is 10.6 Å². The lowest BCUT2D eigenvalue weighted by atomic mass is 9.69. The van der Waals surface area contributed by atoms with Gasteiger partial charge in [-0.3, -0.25) is 0 Å². The smallest absolute Gasteiger partial charge is 0.0686 e. The second-order valence-electron chi connectivity index (χ2n) is 6.35. The Balaban J connectivity index is 1.81. The molecule has 0 amide bonds. The second kappa shape index (κ2) is 6.57. The van der Waals surface area contributed by atoms with E-state index in [1.54, 1.807) is 0 Å². The van der Waals surface area contributed by atoms with Gasteiger partial charge in [0.25, 0.3) is 0 Å². The summed E-state index contributed by atoms with van der Waals surface area (Å²) in [4.78, 5) is 0. The molecule has 1 aliphatic heterocycles. The molecule has 2 atom stereocenters. The molecule has 3 rings (SSSR count). The Labute approximate surface area is 140 Å². The summed E-state index contributed by atoms with van der Waals surface area (Å²) in [5.74, 6) is 0.635. The lowest BCUT2D eigenvalue weighted by Crippen LogP contribution is -2.48. The largest absolute Gasteiger partial charge is 0.375 e. The molecule has 2 nitrogen and oxygen atoms in total. The average molecular weight is 373 g/mol. The summed E-state index contributed by atoms with van der Waals surface area (Å²) in [6, 6.07) is 6.72. The standard InChI is InChI=1S/C17H23BrClNO/c1-2-20-16(12-4-5-14(18)15(19)10-12)13-6-9-21-17(11-13)7-3-8-17/h4-5,10,13,16,20H,2-3,6-9,11H2,1H3. The van der Waals surface area contributed by atoms with Crippen LogP contribution in [0.1, 0.15) is 50.6 Å². The van der Waals surface area contributed by atoms with E-state index < -0.39 is 0 Å². The highest BCUT2D eigenvalue weighted by atomic mass is 79.9. The molecule has 4 heteroatoms. The maximum Gasteiger partial charge on any atom is 0.0686 e. The van der Waals surface area contributed by atoms with Crippen LogP contribution < -0.4 is 5.32 Å². The van der Waals surface area contributed by atoms with Crippen molar-refractivity contribution in [1.82, 2.24) is 5.32 Å². The first kappa shape index (κ1) is 15.8. The van der Waals surface area contributed by atoms with Crippen LogP contribution in [0.3, 0.4) is 0 Å². The Kier molecular flexibility index (Phi) is 4.94. The van der Waals surface area contributed by atoms with Gasteiger partial charge in [0.2, 0.25) is 0 Å². The maximum absolute atomic E-state index is 6.29. The summed E-state index contributed by atoms with van der Waals surface area (Å²) in [6.45, 7) is 4.05. The van der Waals surface area contributed by atoms with Gasteiger partial charge in [-0.05, 0) is 78.2 Å². The van der Waals surface area contributed by atoms with E-state index in [4.69, 9.17) is 16.3 Å².